The molecule has 88 valence electrons. The SMILES string of the molecule is C=CCN(CCO)Cc1nc(C2CC2)no1. The predicted octanol–water partition coefficient (Wildman–Crippen LogP) is 0.927. The van der Waals surface area contributed by atoms with Gasteiger partial charge < -0.3 is 9.63 Å². The second-order valence-corrected chi connectivity index (χ2v) is 4.07. The maximum atomic E-state index is 8.90. The van der Waals surface area contributed by atoms with Crippen molar-refractivity contribution in [1.29, 1.82) is 0 Å². The molecular formula is C11H17N3O2. The van der Waals surface area contributed by atoms with Gasteiger partial charge in [0.1, 0.15) is 0 Å². The maximum absolute atomic E-state index is 8.90. The summed E-state index contributed by atoms with van der Waals surface area (Å²) >= 11 is 0. The lowest BCUT2D eigenvalue weighted by molar-refractivity contribution is 0.186. The number of aromatic nitrogens is 2. The fourth-order valence-electron chi connectivity index (χ4n) is 1.59. The van der Waals surface area contributed by atoms with E-state index in [1.807, 2.05) is 4.90 Å². The first-order chi connectivity index (χ1) is 7.83. The molecule has 0 bridgehead atoms. The van der Waals surface area contributed by atoms with Gasteiger partial charge in [-0.05, 0) is 12.8 Å². The van der Waals surface area contributed by atoms with Gasteiger partial charge in [-0.25, -0.2) is 0 Å². The predicted molar refractivity (Wildman–Crippen MR) is 58.8 cm³/mol. The standard InChI is InChI=1S/C11H17N3O2/c1-2-5-14(6-7-15)8-10-12-11(13-16-10)9-3-4-9/h2,9,15H,1,3-8H2. The molecule has 0 unspecified atom stereocenters. The minimum absolute atomic E-state index is 0.122. The van der Waals surface area contributed by atoms with Crippen molar-refractivity contribution in [2.24, 2.45) is 0 Å². The Morgan fingerprint density at radius 2 is 2.38 bits per heavy atom. The highest BCUT2D eigenvalue weighted by molar-refractivity contribution is 5.03. The first-order valence-corrected chi connectivity index (χ1v) is 5.60. The fraction of sp³-hybridized carbons (Fsp3) is 0.636. The normalized spacial score (nSPS) is 15.6. The summed E-state index contributed by atoms with van der Waals surface area (Å²) in [5.74, 6) is 1.97. The molecule has 0 aromatic carbocycles. The Labute approximate surface area is 94.8 Å². The highest BCUT2D eigenvalue weighted by Crippen LogP contribution is 2.38. The maximum Gasteiger partial charge on any atom is 0.240 e. The summed E-state index contributed by atoms with van der Waals surface area (Å²) in [6, 6.07) is 0. The van der Waals surface area contributed by atoms with Crippen LogP contribution in [0.5, 0.6) is 0 Å². The second kappa shape index (κ2) is 5.23. The summed E-state index contributed by atoms with van der Waals surface area (Å²) in [4.78, 5) is 6.35. The van der Waals surface area contributed by atoms with Crippen molar-refractivity contribution in [3.05, 3.63) is 24.4 Å². The van der Waals surface area contributed by atoms with Crippen LogP contribution >= 0.6 is 0 Å². The molecule has 1 saturated carbocycles. The summed E-state index contributed by atoms with van der Waals surface area (Å²) < 4.78 is 5.17. The molecule has 0 spiro atoms. The average Bonchev–Trinajstić information content (AvgIpc) is 3.01. The molecule has 1 N–H and O–H groups in total. The first-order valence-electron chi connectivity index (χ1n) is 5.60. The number of nitrogens with zero attached hydrogens (tertiary/aromatic N) is 3. The van der Waals surface area contributed by atoms with E-state index in [0.29, 0.717) is 31.4 Å². The van der Waals surface area contributed by atoms with E-state index in [0.717, 1.165) is 5.82 Å². The van der Waals surface area contributed by atoms with E-state index in [1.165, 1.54) is 12.8 Å². The van der Waals surface area contributed by atoms with Gasteiger partial charge in [-0.2, -0.15) is 4.98 Å². The highest BCUT2D eigenvalue weighted by Gasteiger charge is 2.28. The van der Waals surface area contributed by atoms with Gasteiger partial charge >= 0.3 is 0 Å². The molecule has 5 heteroatoms. The third kappa shape index (κ3) is 2.90. The minimum atomic E-state index is 0.122. The van der Waals surface area contributed by atoms with Crippen LogP contribution in [0.1, 0.15) is 30.5 Å². The molecule has 5 nitrogen and oxygen atoms in total. The van der Waals surface area contributed by atoms with Gasteiger partial charge in [0, 0.05) is 19.0 Å². The van der Waals surface area contributed by atoms with E-state index in [4.69, 9.17) is 9.63 Å². The lowest BCUT2D eigenvalue weighted by atomic mass is 10.4. The lowest BCUT2D eigenvalue weighted by Crippen LogP contribution is -2.26. The van der Waals surface area contributed by atoms with Gasteiger partial charge in [-0.1, -0.05) is 11.2 Å². The Morgan fingerprint density at radius 1 is 1.56 bits per heavy atom. The summed E-state index contributed by atoms with van der Waals surface area (Å²) in [6.45, 7) is 5.68. The van der Waals surface area contributed by atoms with E-state index >= 15 is 0 Å². The zero-order valence-corrected chi connectivity index (χ0v) is 9.30. The van der Waals surface area contributed by atoms with E-state index in [-0.39, 0.29) is 6.61 Å². The van der Waals surface area contributed by atoms with E-state index in [2.05, 4.69) is 16.7 Å². The van der Waals surface area contributed by atoms with Crippen LogP contribution in [0, 0.1) is 0 Å². The molecule has 2 rings (SSSR count). The molecule has 1 aromatic heterocycles. The highest BCUT2D eigenvalue weighted by atomic mass is 16.5. The van der Waals surface area contributed by atoms with Crippen LogP contribution in [0.15, 0.2) is 17.2 Å². The Hall–Kier alpha value is -1.20. The fourth-order valence-corrected chi connectivity index (χ4v) is 1.59. The number of hydrogen-bond donors (Lipinski definition) is 1. The van der Waals surface area contributed by atoms with Crippen LogP contribution in [-0.2, 0) is 6.54 Å². The Bertz CT molecular complexity index is 347. The monoisotopic (exact) mass is 223 g/mol. The van der Waals surface area contributed by atoms with Gasteiger partial charge in [0.25, 0.3) is 0 Å². The van der Waals surface area contributed by atoms with E-state index in [9.17, 15) is 0 Å². The molecule has 1 aliphatic rings. The lowest BCUT2D eigenvalue weighted by Gasteiger charge is -2.16. The minimum Gasteiger partial charge on any atom is -0.395 e. The number of aliphatic hydroxyl groups excluding tert-OH is 1. The van der Waals surface area contributed by atoms with Gasteiger partial charge in [0.15, 0.2) is 5.82 Å². The largest absolute Gasteiger partial charge is 0.395 e. The van der Waals surface area contributed by atoms with Crippen molar-refractivity contribution >= 4 is 0 Å². The smallest absolute Gasteiger partial charge is 0.240 e. The van der Waals surface area contributed by atoms with Crippen molar-refractivity contribution in [3.63, 3.8) is 0 Å². The molecule has 16 heavy (non-hydrogen) atoms. The molecule has 0 radical (unpaired) electrons. The summed E-state index contributed by atoms with van der Waals surface area (Å²) in [5.41, 5.74) is 0. The van der Waals surface area contributed by atoms with Crippen LogP contribution in [0.3, 0.4) is 0 Å². The van der Waals surface area contributed by atoms with Gasteiger partial charge in [-0.3, -0.25) is 4.90 Å². The molecule has 0 aliphatic heterocycles. The van der Waals surface area contributed by atoms with Gasteiger partial charge in [0.05, 0.1) is 13.2 Å². The van der Waals surface area contributed by atoms with Crippen LogP contribution in [0.25, 0.3) is 0 Å². The van der Waals surface area contributed by atoms with Crippen LogP contribution < -0.4 is 0 Å². The molecule has 0 atom stereocenters. The first kappa shape index (κ1) is 11.3. The van der Waals surface area contributed by atoms with Crippen molar-refractivity contribution in [1.82, 2.24) is 15.0 Å². The van der Waals surface area contributed by atoms with Crippen molar-refractivity contribution < 1.29 is 9.63 Å². The van der Waals surface area contributed by atoms with Crippen molar-refractivity contribution in [2.75, 3.05) is 19.7 Å². The summed E-state index contributed by atoms with van der Waals surface area (Å²) in [7, 11) is 0. The van der Waals surface area contributed by atoms with E-state index < -0.39 is 0 Å². The zero-order chi connectivity index (χ0) is 11.4. The van der Waals surface area contributed by atoms with Crippen molar-refractivity contribution in [3.8, 4) is 0 Å². The Morgan fingerprint density at radius 3 is 3.00 bits per heavy atom. The third-order valence-corrected chi connectivity index (χ3v) is 2.59. The molecular weight excluding hydrogens is 206 g/mol. The number of hydrogen-bond acceptors (Lipinski definition) is 5. The summed E-state index contributed by atoms with van der Waals surface area (Å²) in [5, 5.41) is 12.9. The number of aliphatic hydroxyl groups is 1. The second-order valence-electron chi connectivity index (χ2n) is 4.07. The van der Waals surface area contributed by atoms with Crippen LogP contribution in [0.2, 0.25) is 0 Å². The van der Waals surface area contributed by atoms with Crippen molar-refractivity contribution in [2.45, 2.75) is 25.3 Å². The summed E-state index contributed by atoms with van der Waals surface area (Å²) in [6.07, 6.45) is 4.14. The topological polar surface area (TPSA) is 62.4 Å². The number of rotatable bonds is 7. The quantitative estimate of drug-likeness (QED) is 0.697. The van der Waals surface area contributed by atoms with Gasteiger partial charge in [0.2, 0.25) is 5.89 Å². The zero-order valence-electron chi connectivity index (χ0n) is 9.30. The van der Waals surface area contributed by atoms with E-state index in [1.54, 1.807) is 6.08 Å². The Balaban J connectivity index is 1.91. The molecule has 0 amide bonds. The Kier molecular flexibility index (Phi) is 3.69. The molecule has 1 aromatic rings. The van der Waals surface area contributed by atoms with Crippen LogP contribution in [0.4, 0.5) is 0 Å². The van der Waals surface area contributed by atoms with Gasteiger partial charge in [-0.15, -0.1) is 6.58 Å². The molecule has 1 aliphatic carbocycles. The van der Waals surface area contributed by atoms with Crippen LogP contribution in [-0.4, -0.2) is 39.8 Å². The average molecular weight is 223 g/mol. The third-order valence-electron chi connectivity index (χ3n) is 2.59. The molecule has 1 heterocycles. The molecule has 0 saturated heterocycles. The molecule has 1 fully saturated rings.